The van der Waals surface area contributed by atoms with Crippen LogP contribution in [0.25, 0.3) is 0 Å². The average molecular weight is 452 g/mol. The van der Waals surface area contributed by atoms with Gasteiger partial charge < -0.3 is 15.7 Å². The maximum atomic E-state index is 10.5. The minimum Gasteiger partial charge on any atom is -0.388 e. The number of nitrogens with one attached hydrogen (secondary N) is 2. The van der Waals surface area contributed by atoms with Crippen LogP contribution in [-0.2, 0) is 6.54 Å². The van der Waals surface area contributed by atoms with Crippen molar-refractivity contribution in [1.29, 1.82) is 0 Å². The minimum atomic E-state index is -0.589. The highest BCUT2D eigenvalue weighted by molar-refractivity contribution is 14.0. The summed E-state index contributed by atoms with van der Waals surface area (Å²) in [6.07, 6.45) is 5.19. The summed E-state index contributed by atoms with van der Waals surface area (Å²) in [5.74, 6) is 0.747. The second-order valence-electron chi connectivity index (χ2n) is 5.96. The summed E-state index contributed by atoms with van der Waals surface area (Å²) < 4.78 is 0. The van der Waals surface area contributed by atoms with Crippen LogP contribution >= 0.6 is 35.6 Å². The van der Waals surface area contributed by atoms with Gasteiger partial charge in [0.25, 0.3) is 0 Å². The van der Waals surface area contributed by atoms with Gasteiger partial charge in [0.1, 0.15) is 0 Å². The van der Waals surface area contributed by atoms with Crippen LogP contribution in [0.15, 0.2) is 29.3 Å². The lowest BCUT2D eigenvalue weighted by atomic mass is 9.85. The molecule has 0 heterocycles. The summed E-state index contributed by atoms with van der Waals surface area (Å²) in [7, 11) is 0. The molecule has 2 rings (SSSR count). The van der Waals surface area contributed by atoms with Gasteiger partial charge in [-0.05, 0) is 37.5 Å². The molecule has 1 aromatic rings. The number of rotatable bonds is 5. The molecule has 1 fully saturated rings. The van der Waals surface area contributed by atoms with Crippen molar-refractivity contribution in [3.63, 3.8) is 0 Å². The van der Waals surface area contributed by atoms with E-state index in [0.717, 1.165) is 48.8 Å². The summed E-state index contributed by atoms with van der Waals surface area (Å²) in [5.41, 5.74) is 0.521. The van der Waals surface area contributed by atoms with Crippen molar-refractivity contribution in [1.82, 2.24) is 10.6 Å². The van der Waals surface area contributed by atoms with Gasteiger partial charge in [0.15, 0.2) is 5.96 Å². The van der Waals surface area contributed by atoms with Crippen molar-refractivity contribution in [3.05, 3.63) is 34.9 Å². The number of nitrogens with zero attached hydrogens (tertiary/aromatic N) is 1. The highest BCUT2D eigenvalue weighted by atomic mass is 127. The average Bonchev–Trinajstić information content (AvgIpc) is 2.52. The zero-order valence-electron chi connectivity index (χ0n) is 13.6. The van der Waals surface area contributed by atoms with Gasteiger partial charge in [-0.3, -0.25) is 0 Å². The Morgan fingerprint density at radius 1 is 1.17 bits per heavy atom. The van der Waals surface area contributed by atoms with Crippen LogP contribution in [0, 0.1) is 0 Å². The first kappa shape index (κ1) is 20.5. The third-order valence-corrected chi connectivity index (χ3v) is 4.30. The molecule has 23 heavy (non-hydrogen) atoms. The van der Waals surface area contributed by atoms with Crippen molar-refractivity contribution in [2.75, 3.05) is 13.1 Å². The van der Waals surface area contributed by atoms with Crippen molar-refractivity contribution < 1.29 is 5.11 Å². The number of aliphatic hydroxyl groups is 1. The minimum absolute atomic E-state index is 0. The van der Waals surface area contributed by atoms with Crippen molar-refractivity contribution in [2.24, 2.45) is 4.99 Å². The van der Waals surface area contributed by atoms with Gasteiger partial charge in [-0.15, -0.1) is 24.0 Å². The van der Waals surface area contributed by atoms with E-state index in [1.54, 1.807) is 0 Å². The molecule has 0 unspecified atom stereocenters. The molecule has 3 N–H and O–H groups in total. The topological polar surface area (TPSA) is 56.7 Å². The van der Waals surface area contributed by atoms with E-state index in [1.165, 1.54) is 6.42 Å². The summed E-state index contributed by atoms with van der Waals surface area (Å²) in [5, 5.41) is 17.8. The highest BCUT2D eigenvalue weighted by Gasteiger charge is 2.29. The molecule has 4 nitrogen and oxygen atoms in total. The third kappa shape index (κ3) is 7.27. The van der Waals surface area contributed by atoms with Crippen LogP contribution in [0.5, 0.6) is 0 Å². The second-order valence-corrected chi connectivity index (χ2v) is 6.40. The smallest absolute Gasteiger partial charge is 0.191 e. The molecule has 130 valence electrons. The van der Waals surface area contributed by atoms with E-state index in [4.69, 9.17) is 11.6 Å². The van der Waals surface area contributed by atoms with Crippen LogP contribution in [0.1, 0.15) is 44.6 Å². The maximum absolute atomic E-state index is 10.5. The fraction of sp³-hybridized carbons (Fsp3) is 0.588. The molecule has 0 aliphatic heterocycles. The Morgan fingerprint density at radius 3 is 2.43 bits per heavy atom. The van der Waals surface area contributed by atoms with E-state index < -0.39 is 5.60 Å². The SMILES string of the molecule is CCNC(=NCc1ccc(Cl)cc1)NCC1(O)CCCCC1.I. The molecule has 0 spiro atoms. The van der Waals surface area contributed by atoms with Crippen LogP contribution in [0.3, 0.4) is 0 Å². The fourth-order valence-corrected chi connectivity index (χ4v) is 2.86. The van der Waals surface area contributed by atoms with Gasteiger partial charge in [-0.1, -0.05) is 43.0 Å². The van der Waals surface area contributed by atoms with Gasteiger partial charge in [0.05, 0.1) is 12.1 Å². The molecule has 6 heteroatoms. The fourth-order valence-electron chi connectivity index (χ4n) is 2.74. The van der Waals surface area contributed by atoms with Gasteiger partial charge in [0, 0.05) is 18.1 Å². The largest absolute Gasteiger partial charge is 0.388 e. The third-order valence-electron chi connectivity index (χ3n) is 4.05. The molecule has 1 saturated carbocycles. The monoisotopic (exact) mass is 451 g/mol. The molecular weight excluding hydrogens is 425 g/mol. The molecular formula is C17H27ClIN3O. The maximum Gasteiger partial charge on any atom is 0.191 e. The first-order valence-electron chi connectivity index (χ1n) is 8.10. The van der Waals surface area contributed by atoms with Crippen LogP contribution in [0.4, 0.5) is 0 Å². The van der Waals surface area contributed by atoms with Crippen LogP contribution < -0.4 is 10.6 Å². The molecule has 1 aliphatic carbocycles. The lowest BCUT2D eigenvalue weighted by Gasteiger charge is -2.32. The molecule has 0 saturated heterocycles. The predicted molar refractivity (Wildman–Crippen MR) is 108 cm³/mol. The molecule has 0 bridgehead atoms. The van der Waals surface area contributed by atoms with Crippen LogP contribution in [-0.4, -0.2) is 29.8 Å². The number of hydrogen-bond donors (Lipinski definition) is 3. The van der Waals surface area contributed by atoms with Gasteiger partial charge in [-0.2, -0.15) is 0 Å². The Morgan fingerprint density at radius 2 is 1.83 bits per heavy atom. The van der Waals surface area contributed by atoms with Crippen molar-refractivity contribution >= 4 is 41.5 Å². The predicted octanol–water partition coefficient (Wildman–Crippen LogP) is 3.71. The summed E-state index contributed by atoms with van der Waals surface area (Å²) in [4.78, 5) is 4.57. The number of hydrogen-bond acceptors (Lipinski definition) is 2. The van der Waals surface area contributed by atoms with E-state index in [1.807, 2.05) is 31.2 Å². The lowest BCUT2D eigenvalue weighted by Crippen LogP contribution is -2.48. The summed E-state index contributed by atoms with van der Waals surface area (Å²) in [6.45, 7) is 3.98. The van der Waals surface area contributed by atoms with Crippen molar-refractivity contribution in [2.45, 2.75) is 51.2 Å². The van der Waals surface area contributed by atoms with E-state index >= 15 is 0 Å². The van der Waals surface area contributed by atoms with E-state index in [0.29, 0.717) is 13.1 Å². The van der Waals surface area contributed by atoms with Crippen molar-refractivity contribution in [3.8, 4) is 0 Å². The van der Waals surface area contributed by atoms with Crippen LogP contribution in [0.2, 0.25) is 5.02 Å². The number of benzene rings is 1. The quantitative estimate of drug-likeness (QED) is 0.363. The lowest BCUT2D eigenvalue weighted by molar-refractivity contribution is 0.00859. The summed E-state index contributed by atoms with van der Waals surface area (Å²) in [6, 6.07) is 7.70. The van der Waals surface area contributed by atoms with E-state index in [-0.39, 0.29) is 24.0 Å². The Kier molecular flexibility index (Phi) is 9.24. The zero-order valence-corrected chi connectivity index (χ0v) is 16.7. The van der Waals surface area contributed by atoms with E-state index in [9.17, 15) is 5.11 Å². The first-order chi connectivity index (χ1) is 10.6. The molecule has 0 atom stereocenters. The molecule has 1 aromatic carbocycles. The standard InChI is InChI=1S/C17H26ClN3O.HI/c1-2-19-16(20-12-14-6-8-15(18)9-7-14)21-13-17(22)10-4-3-5-11-17;/h6-9,22H,2-5,10-13H2,1H3,(H2,19,20,21);1H. The summed E-state index contributed by atoms with van der Waals surface area (Å²) >= 11 is 5.89. The number of guanidine groups is 1. The molecule has 0 aromatic heterocycles. The first-order valence-corrected chi connectivity index (χ1v) is 8.48. The zero-order chi connectivity index (χ0) is 15.8. The molecule has 0 amide bonds. The molecule has 1 aliphatic rings. The second kappa shape index (κ2) is 10.4. The Labute approximate surface area is 161 Å². The van der Waals surface area contributed by atoms with E-state index in [2.05, 4.69) is 15.6 Å². The Balaban J connectivity index is 0.00000264. The van der Waals surface area contributed by atoms with Gasteiger partial charge in [0.2, 0.25) is 0 Å². The number of halogens is 2. The van der Waals surface area contributed by atoms with Gasteiger partial charge >= 0.3 is 0 Å². The highest BCUT2D eigenvalue weighted by Crippen LogP contribution is 2.27. The number of aliphatic imine (C=N–C) groups is 1. The normalized spacial score (nSPS) is 17.3. The Bertz CT molecular complexity index is 487. The van der Waals surface area contributed by atoms with Gasteiger partial charge in [-0.25, -0.2) is 4.99 Å². The molecule has 0 radical (unpaired) electrons. The Hall–Kier alpha value is -0.530.